The SMILES string of the molecule is Cc1cc(C(=O)NCc2ccc(S(=O)(=O)Cl)cc2)on1. The first-order valence-electron chi connectivity index (χ1n) is 5.61. The number of hydrogen-bond acceptors (Lipinski definition) is 5. The van der Waals surface area contributed by atoms with E-state index in [0.717, 1.165) is 5.56 Å². The lowest BCUT2D eigenvalue weighted by Gasteiger charge is -2.03. The third-order valence-electron chi connectivity index (χ3n) is 2.51. The highest BCUT2D eigenvalue weighted by Gasteiger charge is 2.12. The predicted octanol–water partition coefficient (Wildman–Crippen LogP) is 1.84. The Morgan fingerprint density at radius 2 is 2.00 bits per heavy atom. The van der Waals surface area contributed by atoms with Crippen LogP contribution in [0.15, 0.2) is 39.8 Å². The molecule has 1 aromatic heterocycles. The molecule has 0 saturated carbocycles. The topological polar surface area (TPSA) is 89.3 Å². The van der Waals surface area contributed by atoms with Crippen LogP contribution >= 0.6 is 10.7 Å². The fraction of sp³-hybridized carbons (Fsp3) is 0.167. The van der Waals surface area contributed by atoms with Gasteiger partial charge in [0.1, 0.15) is 0 Å². The average Bonchev–Trinajstić information content (AvgIpc) is 2.82. The van der Waals surface area contributed by atoms with Crippen molar-refractivity contribution in [2.75, 3.05) is 0 Å². The van der Waals surface area contributed by atoms with Gasteiger partial charge in [0.25, 0.3) is 15.0 Å². The second kappa shape index (κ2) is 5.64. The number of aryl methyl sites for hydroxylation is 1. The molecule has 0 radical (unpaired) electrons. The number of carbonyl (C=O) groups is 1. The summed E-state index contributed by atoms with van der Waals surface area (Å²) in [4.78, 5) is 11.7. The van der Waals surface area contributed by atoms with Crippen LogP contribution in [-0.2, 0) is 15.6 Å². The number of aromatic nitrogens is 1. The number of rotatable bonds is 4. The summed E-state index contributed by atoms with van der Waals surface area (Å²) in [6.45, 7) is 1.95. The Labute approximate surface area is 120 Å². The van der Waals surface area contributed by atoms with Crippen molar-refractivity contribution in [3.05, 3.63) is 47.3 Å². The van der Waals surface area contributed by atoms with Gasteiger partial charge in [0.2, 0.25) is 5.76 Å². The highest BCUT2D eigenvalue weighted by atomic mass is 35.7. The van der Waals surface area contributed by atoms with Crippen LogP contribution < -0.4 is 5.32 Å². The minimum atomic E-state index is -3.73. The van der Waals surface area contributed by atoms with E-state index in [1.807, 2.05) is 0 Å². The van der Waals surface area contributed by atoms with Gasteiger partial charge in [-0.15, -0.1) is 0 Å². The fourth-order valence-corrected chi connectivity index (χ4v) is 2.28. The van der Waals surface area contributed by atoms with E-state index >= 15 is 0 Å². The number of hydrogen-bond donors (Lipinski definition) is 1. The van der Waals surface area contributed by atoms with Crippen molar-refractivity contribution in [1.29, 1.82) is 0 Å². The van der Waals surface area contributed by atoms with Gasteiger partial charge in [-0.05, 0) is 24.6 Å². The van der Waals surface area contributed by atoms with Crippen LogP contribution in [0, 0.1) is 6.92 Å². The summed E-state index contributed by atoms with van der Waals surface area (Å²) in [6.07, 6.45) is 0. The minimum Gasteiger partial charge on any atom is -0.351 e. The molecule has 0 atom stereocenters. The second-order valence-corrected chi connectivity index (χ2v) is 6.66. The molecule has 0 unspecified atom stereocenters. The third kappa shape index (κ3) is 3.58. The molecule has 0 saturated heterocycles. The van der Waals surface area contributed by atoms with Gasteiger partial charge in [-0.2, -0.15) is 0 Å². The van der Waals surface area contributed by atoms with Crippen molar-refractivity contribution < 1.29 is 17.7 Å². The van der Waals surface area contributed by atoms with E-state index in [0.29, 0.717) is 5.69 Å². The lowest BCUT2D eigenvalue weighted by atomic mass is 10.2. The third-order valence-corrected chi connectivity index (χ3v) is 3.88. The maximum absolute atomic E-state index is 11.7. The predicted molar refractivity (Wildman–Crippen MR) is 71.9 cm³/mol. The molecule has 2 rings (SSSR count). The molecule has 0 aliphatic carbocycles. The molecule has 0 aliphatic heterocycles. The number of carbonyl (C=O) groups excluding carboxylic acids is 1. The first-order valence-corrected chi connectivity index (χ1v) is 7.92. The molecule has 0 bridgehead atoms. The molecular weight excluding hydrogens is 304 g/mol. The molecule has 1 amide bonds. The molecular formula is C12H11ClN2O4S. The van der Waals surface area contributed by atoms with Gasteiger partial charge in [0.15, 0.2) is 0 Å². The van der Waals surface area contributed by atoms with Gasteiger partial charge in [-0.25, -0.2) is 8.42 Å². The van der Waals surface area contributed by atoms with Crippen molar-refractivity contribution >= 4 is 25.6 Å². The molecule has 0 spiro atoms. The van der Waals surface area contributed by atoms with Crippen LogP contribution in [0.1, 0.15) is 21.8 Å². The van der Waals surface area contributed by atoms with Gasteiger partial charge in [-0.3, -0.25) is 4.79 Å². The molecule has 2 aromatic rings. The highest BCUT2D eigenvalue weighted by molar-refractivity contribution is 8.13. The van der Waals surface area contributed by atoms with Crippen molar-refractivity contribution in [3.8, 4) is 0 Å². The second-order valence-electron chi connectivity index (χ2n) is 4.10. The zero-order valence-electron chi connectivity index (χ0n) is 10.5. The lowest BCUT2D eigenvalue weighted by Crippen LogP contribution is -2.22. The number of halogens is 1. The molecule has 0 aliphatic rings. The van der Waals surface area contributed by atoms with Gasteiger partial charge < -0.3 is 9.84 Å². The normalized spacial score (nSPS) is 11.3. The van der Waals surface area contributed by atoms with E-state index in [1.165, 1.54) is 18.2 Å². The zero-order chi connectivity index (χ0) is 14.8. The Kier molecular flexibility index (Phi) is 4.10. The van der Waals surface area contributed by atoms with Crippen LogP contribution in [0.3, 0.4) is 0 Å². The molecule has 0 fully saturated rings. The fourth-order valence-electron chi connectivity index (χ4n) is 1.51. The quantitative estimate of drug-likeness (QED) is 0.870. The number of nitrogens with one attached hydrogen (secondary N) is 1. The van der Waals surface area contributed by atoms with Gasteiger partial charge >= 0.3 is 0 Å². The van der Waals surface area contributed by atoms with Crippen LogP contribution in [0.25, 0.3) is 0 Å². The number of benzene rings is 1. The largest absolute Gasteiger partial charge is 0.351 e. The Hall–Kier alpha value is -1.86. The summed E-state index contributed by atoms with van der Waals surface area (Å²) < 4.78 is 27.0. The Morgan fingerprint density at radius 3 is 2.50 bits per heavy atom. The number of nitrogens with zero attached hydrogens (tertiary/aromatic N) is 1. The van der Waals surface area contributed by atoms with Crippen molar-refractivity contribution in [1.82, 2.24) is 10.5 Å². The summed E-state index contributed by atoms with van der Waals surface area (Å²) >= 11 is 0. The summed E-state index contributed by atoms with van der Waals surface area (Å²) in [5.41, 5.74) is 1.35. The monoisotopic (exact) mass is 314 g/mol. The van der Waals surface area contributed by atoms with Crippen molar-refractivity contribution in [3.63, 3.8) is 0 Å². The molecule has 8 heteroatoms. The van der Waals surface area contributed by atoms with E-state index in [-0.39, 0.29) is 23.1 Å². The molecule has 106 valence electrons. The van der Waals surface area contributed by atoms with Gasteiger partial charge in [0.05, 0.1) is 10.6 Å². The van der Waals surface area contributed by atoms with E-state index in [2.05, 4.69) is 10.5 Å². The zero-order valence-corrected chi connectivity index (χ0v) is 12.0. The maximum atomic E-state index is 11.7. The minimum absolute atomic E-state index is 0.0140. The Morgan fingerprint density at radius 1 is 1.35 bits per heavy atom. The summed E-state index contributed by atoms with van der Waals surface area (Å²) in [5.74, 6) is -0.262. The summed E-state index contributed by atoms with van der Waals surface area (Å²) in [6, 6.07) is 7.42. The first kappa shape index (κ1) is 14.5. The smallest absolute Gasteiger partial charge is 0.290 e. The van der Waals surface area contributed by atoms with E-state index in [4.69, 9.17) is 15.2 Å². The summed E-state index contributed by atoms with van der Waals surface area (Å²) in [5, 5.41) is 6.25. The highest BCUT2D eigenvalue weighted by Crippen LogP contribution is 2.15. The Balaban J connectivity index is 1.99. The standard InChI is InChI=1S/C12H11ClN2O4S/c1-8-6-11(19-15-8)12(16)14-7-9-2-4-10(5-3-9)20(13,17)18/h2-6H,7H2,1H3,(H,14,16). The van der Waals surface area contributed by atoms with Crippen molar-refractivity contribution in [2.24, 2.45) is 0 Å². The molecule has 1 heterocycles. The van der Waals surface area contributed by atoms with Gasteiger partial charge in [-0.1, -0.05) is 17.3 Å². The molecule has 1 aromatic carbocycles. The molecule has 6 nitrogen and oxygen atoms in total. The van der Waals surface area contributed by atoms with Crippen LogP contribution in [0.4, 0.5) is 0 Å². The average molecular weight is 315 g/mol. The van der Waals surface area contributed by atoms with E-state index < -0.39 is 9.05 Å². The number of amides is 1. The van der Waals surface area contributed by atoms with Crippen LogP contribution in [0.2, 0.25) is 0 Å². The van der Waals surface area contributed by atoms with E-state index in [9.17, 15) is 13.2 Å². The summed E-state index contributed by atoms with van der Waals surface area (Å²) in [7, 11) is 1.47. The molecule has 20 heavy (non-hydrogen) atoms. The lowest BCUT2D eigenvalue weighted by molar-refractivity contribution is 0.0914. The van der Waals surface area contributed by atoms with Crippen LogP contribution in [-0.4, -0.2) is 19.5 Å². The van der Waals surface area contributed by atoms with Gasteiger partial charge in [0, 0.05) is 23.3 Å². The van der Waals surface area contributed by atoms with Crippen molar-refractivity contribution in [2.45, 2.75) is 18.4 Å². The van der Waals surface area contributed by atoms with Crippen LogP contribution in [0.5, 0.6) is 0 Å². The maximum Gasteiger partial charge on any atom is 0.290 e. The Bertz CT molecular complexity index is 722. The first-order chi connectivity index (χ1) is 9.36. The van der Waals surface area contributed by atoms with E-state index in [1.54, 1.807) is 19.1 Å². The molecule has 1 N–H and O–H groups in total.